The van der Waals surface area contributed by atoms with Gasteiger partial charge in [-0.05, 0) is 78.4 Å². The number of carbonyl (C=O) groups excluding carboxylic acids is 1. The lowest BCUT2D eigenvalue weighted by atomic mass is 9.95. The fourth-order valence-electron chi connectivity index (χ4n) is 3.81. The van der Waals surface area contributed by atoms with Crippen molar-refractivity contribution in [1.29, 1.82) is 5.41 Å². The van der Waals surface area contributed by atoms with Crippen LogP contribution in [0.5, 0.6) is 0 Å². The monoisotopic (exact) mass is 485 g/mol. The van der Waals surface area contributed by atoms with Gasteiger partial charge in [0.15, 0.2) is 0 Å². The van der Waals surface area contributed by atoms with E-state index in [2.05, 4.69) is 5.32 Å². The van der Waals surface area contributed by atoms with E-state index in [4.69, 9.17) is 27.5 Å². The largest absolute Gasteiger partial charge is 0.411 e. The molecule has 5 nitrogen and oxygen atoms in total. The normalized spacial score (nSPS) is 12.7. The smallest absolute Gasteiger partial charge is 0.391 e. The number of nitrogens with one attached hydrogen (secondary N) is 2. The van der Waals surface area contributed by atoms with E-state index in [0.29, 0.717) is 29.1 Å². The number of ether oxygens (including phenoxy) is 1. The molecule has 0 saturated carbocycles. The Kier molecular flexibility index (Phi) is 8.73. The number of rotatable bonds is 9. The van der Waals surface area contributed by atoms with Gasteiger partial charge < -0.3 is 15.8 Å². The van der Waals surface area contributed by atoms with Crippen LogP contribution in [0, 0.1) is 23.0 Å². The molecule has 3 rings (SSSR count). The summed E-state index contributed by atoms with van der Waals surface area (Å²) in [6, 6.07) is 17.9. The van der Waals surface area contributed by atoms with Gasteiger partial charge in [0.25, 0.3) is 0 Å². The highest BCUT2D eigenvalue weighted by Gasteiger charge is 2.17. The number of carbonyl (C=O) groups is 1. The van der Waals surface area contributed by atoms with Crippen LogP contribution in [0.3, 0.4) is 0 Å². The fraction of sp³-hybridized carbons (Fsp3) is 0.231. The van der Waals surface area contributed by atoms with E-state index < -0.39 is 17.7 Å². The van der Waals surface area contributed by atoms with Crippen LogP contribution in [0.1, 0.15) is 41.6 Å². The van der Waals surface area contributed by atoms with Crippen molar-refractivity contribution in [3.05, 3.63) is 106 Å². The van der Waals surface area contributed by atoms with Gasteiger partial charge in [-0.2, -0.15) is 0 Å². The average molecular weight is 486 g/mol. The molecule has 0 aliphatic heterocycles. The summed E-state index contributed by atoms with van der Waals surface area (Å²) >= 11 is 6.06. The van der Waals surface area contributed by atoms with Crippen LogP contribution in [0.25, 0.3) is 0 Å². The number of hydrogen-bond donors (Lipinski definition) is 3. The topological polar surface area (TPSA) is 88.2 Å². The third-order valence-corrected chi connectivity index (χ3v) is 5.63. The number of amides is 1. The van der Waals surface area contributed by atoms with Crippen molar-refractivity contribution < 1.29 is 18.3 Å². The molecule has 2 unspecified atom stereocenters. The first kappa shape index (κ1) is 25.3. The third-order valence-electron chi connectivity index (χ3n) is 5.38. The van der Waals surface area contributed by atoms with Crippen molar-refractivity contribution in [3.8, 4) is 0 Å². The first-order chi connectivity index (χ1) is 16.2. The first-order valence-corrected chi connectivity index (χ1v) is 11.2. The van der Waals surface area contributed by atoms with Gasteiger partial charge >= 0.3 is 6.09 Å². The van der Waals surface area contributed by atoms with Crippen molar-refractivity contribution in [2.75, 3.05) is 6.54 Å². The van der Waals surface area contributed by atoms with Crippen molar-refractivity contribution in [3.63, 3.8) is 0 Å². The van der Waals surface area contributed by atoms with Crippen LogP contribution < -0.4 is 11.1 Å². The van der Waals surface area contributed by atoms with Gasteiger partial charge in [0, 0.05) is 16.7 Å². The van der Waals surface area contributed by atoms with Crippen molar-refractivity contribution >= 4 is 23.6 Å². The molecule has 0 heterocycles. The van der Waals surface area contributed by atoms with Crippen molar-refractivity contribution in [2.24, 2.45) is 11.7 Å². The summed E-state index contributed by atoms with van der Waals surface area (Å²) in [5.74, 6) is -1.30. The minimum atomic E-state index is -1.05. The molecule has 0 bridgehead atoms. The summed E-state index contributed by atoms with van der Waals surface area (Å²) in [6.45, 7) is 2.66. The van der Waals surface area contributed by atoms with E-state index in [-0.39, 0.29) is 17.9 Å². The van der Waals surface area contributed by atoms with Crippen molar-refractivity contribution in [2.45, 2.75) is 25.8 Å². The number of primary amides is 1. The Hall–Kier alpha value is -3.29. The highest BCUT2D eigenvalue weighted by atomic mass is 35.5. The summed E-state index contributed by atoms with van der Waals surface area (Å²) in [6.07, 6.45) is 0.275. The number of halogens is 3. The molecular weight excluding hydrogens is 460 g/mol. The van der Waals surface area contributed by atoms with Crippen LogP contribution in [0.4, 0.5) is 13.6 Å². The third kappa shape index (κ3) is 7.37. The molecular formula is C26H26ClF2N3O2. The molecule has 34 heavy (non-hydrogen) atoms. The van der Waals surface area contributed by atoms with Crippen molar-refractivity contribution in [1.82, 2.24) is 5.32 Å². The van der Waals surface area contributed by atoms with Gasteiger partial charge in [0.1, 0.15) is 11.6 Å². The Balaban J connectivity index is 1.73. The van der Waals surface area contributed by atoms with E-state index in [0.717, 1.165) is 23.6 Å². The Morgan fingerprint density at radius 2 is 1.74 bits per heavy atom. The zero-order valence-corrected chi connectivity index (χ0v) is 19.4. The fourth-order valence-corrected chi connectivity index (χ4v) is 3.94. The predicted octanol–water partition coefficient (Wildman–Crippen LogP) is 5.99. The van der Waals surface area contributed by atoms with Crippen LogP contribution in [-0.2, 0) is 11.2 Å². The van der Waals surface area contributed by atoms with Gasteiger partial charge in [-0.25, -0.2) is 13.6 Å². The van der Waals surface area contributed by atoms with Gasteiger partial charge in [0.2, 0.25) is 5.90 Å². The van der Waals surface area contributed by atoms with Crippen LogP contribution >= 0.6 is 11.6 Å². The average Bonchev–Trinajstić information content (AvgIpc) is 2.76. The molecule has 0 spiro atoms. The maximum atomic E-state index is 13.5. The summed E-state index contributed by atoms with van der Waals surface area (Å²) < 4.78 is 31.7. The molecule has 0 saturated heterocycles. The predicted molar refractivity (Wildman–Crippen MR) is 129 cm³/mol. The minimum absolute atomic E-state index is 0.183. The van der Waals surface area contributed by atoms with E-state index >= 15 is 0 Å². The second-order valence-corrected chi connectivity index (χ2v) is 8.63. The molecule has 0 radical (unpaired) electrons. The molecule has 0 aliphatic carbocycles. The molecule has 2 atom stereocenters. The maximum Gasteiger partial charge on any atom is 0.411 e. The highest BCUT2D eigenvalue weighted by Crippen LogP contribution is 2.25. The lowest BCUT2D eigenvalue weighted by Gasteiger charge is -2.22. The maximum absolute atomic E-state index is 13.5. The van der Waals surface area contributed by atoms with Gasteiger partial charge in [-0.3, -0.25) is 5.41 Å². The van der Waals surface area contributed by atoms with E-state index in [9.17, 15) is 13.6 Å². The molecule has 8 heteroatoms. The van der Waals surface area contributed by atoms with Gasteiger partial charge in [-0.15, -0.1) is 0 Å². The summed E-state index contributed by atoms with van der Waals surface area (Å²) in [5, 5.41) is 12.1. The van der Waals surface area contributed by atoms with Crippen LogP contribution in [0.2, 0.25) is 5.02 Å². The second kappa shape index (κ2) is 11.7. The van der Waals surface area contributed by atoms with E-state index in [1.54, 1.807) is 30.3 Å². The molecule has 3 aromatic rings. The Labute approximate surface area is 202 Å². The Morgan fingerprint density at radius 3 is 2.38 bits per heavy atom. The highest BCUT2D eigenvalue weighted by molar-refractivity contribution is 6.30. The summed E-state index contributed by atoms with van der Waals surface area (Å²) in [5.41, 5.74) is 7.89. The standard InChI is InChI=1S/C26H26ClF2N3O2/c1-16(11-17-12-22(28)15-23(29)13-17)9-10-32-24(18-5-7-21(27)8-6-18)19-3-2-4-20(14-19)25(30)34-26(31)33/h2-8,12-16,24,30,32H,9-11H2,1H3,(H2,31,33). The van der Waals surface area contributed by atoms with Gasteiger partial charge in [-0.1, -0.05) is 42.8 Å². The Morgan fingerprint density at radius 1 is 1.06 bits per heavy atom. The summed E-state index contributed by atoms with van der Waals surface area (Å²) in [7, 11) is 0. The Bertz CT molecular complexity index is 1130. The quantitative estimate of drug-likeness (QED) is 0.257. The minimum Gasteiger partial charge on any atom is -0.391 e. The summed E-state index contributed by atoms with van der Waals surface area (Å²) in [4.78, 5) is 11.0. The lowest BCUT2D eigenvalue weighted by Crippen LogP contribution is -2.25. The zero-order chi connectivity index (χ0) is 24.7. The van der Waals surface area contributed by atoms with E-state index in [1.807, 2.05) is 25.1 Å². The molecule has 1 amide bonds. The molecule has 178 valence electrons. The van der Waals surface area contributed by atoms with E-state index in [1.165, 1.54) is 12.1 Å². The lowest BCUT2D eigenvalue weighted by molar-refractivity contribution is 0.208. The number of nitrogens with two attached hydrogens (primary N) is 1. The molecule has 3 aromatic carbocycles. The number of benzene rings is 3. The molecule has 0 aromatic heterocycles. The zero-order valence-electron chi connectivity index (χ0n) is 18.7. The molecule has 0 fully saturated rings. The second-order valence-electron chi connectivity index (χ2n) is 8.19. The SMILES string of the molecule is CC(CCNC(c1ccc(Cl)cc1)c1cccc(C(=N)OC(N)=O)c1)Cc1cc(F)cc(F)c1. The van der Waals surface area contributed by atoms with Gasteiger partial charge in [0.05, 0.1) is 6.04 Å². The van der Waals surface area contributed by atoms with Crippen LogP contribution in [0.15, 0.2) is 66.7 Å². The first-order valence-electron chi connectivity index (χ1n) is 10.8. The van der Waals surface area contributed by atoms with Crippen LogP contribution in [-0.4, -0.2) is 18.5 Å². The molecule has 4 N–H and O–H groups in total. The molecule has 0 aliphatic rings. The number of hydrogen-bond acceptors (Lipinski definition) is 4.